The molecule has 0 saturated heterocycles. The average molecular weight is 747 g/mol. The van der Waals surface area contributed by atoms with E-state index in [-0.39, 0.29) is 30.5 Å². The third-order valence-corrected chi connectivity index (χ3v) is 9.45. The Labute approximate surface area is 288 Å². The van der Waals surface area contributed by atoms with Crippen LogP contribution in [0.25, 0.3) is 6.08 Å². The van der Waals surface area contributed by atoms with Crippen LogP contribution in [0, 0.1) is 0 Å². The van der Waals surface area contributed by atoms with Crippen LogP contribution in [0.1, 0.15) is 50.4 Å². The number of rotatable bonds is 10. The molecule has 0 spiro atoms. The zero-order chi connectivity index (χ0) is 33.1. The minimum Gasteiger partial charge on any atom is -0.493 e. The second-order valence-corrected chi connectivity index (χ2v) is 13.2. The summed E-state index contributed by atoms with van der Waals surface area (Å²) in [5, 5.41) is 0.905. The first kappa shape index (κ1) is 33.8. The van der Waals surface area contributed by atoms with Crippen molar-refractivity contribution in [3.63, 3.8) is 0 Å². The van der Waals surface area contributed by atoms with E-state index < -0.39 is 12.0 Å². The molecule has 46 heavy (non-hydrogen) atoms. The van der Waals surface area contributed by atoms with Crippen molar-refractivity contribution in [1.82, 2.24) is 4.57 Å². The Bertz CT molecular complexity index is 2020. The van der Waals surface area contributed by atoms with Gasteiger partial charge in [0, 0.05) is 10.0 Å². The van der Waals surface area contributed by atoms with Crippen molar-refractivity contribution in [1.29, 1.82) is 0 Å². The number of allylic oxidation sites excluding steroid dienone is 1. The second kappa shape index (κ2) is 14.5. The number of nitrogens with zero attached hydrogens (tertiary/aromatic N) is 2. The van der Waals surface area contributed by atoms with Gasteiger partial charge in [0.05, 0.1) is 45.7 Å². The summed E-state index contributed by atoms with van der Waals surface area (Å²) < 4.78 is 25.9. The number of carbonyl (C=O) groups excluding carboxylic acids is 1. The molecule has 0 unspecified atom stereocenters. The Kier molecular flexibility index (Phi) is 10.6. The van der Waals surface area contributed by atoms with Gasteiger partial charge in [-0.15, -0.1) is 0 Å². The quantitative estimate of drug-likeness (QED) is 0.159. The maximum Gasteiger partial charge on any atom is 0.338 e. The van der Waals surface area contributed by atoms with Crippen LogP contribution in [0.5, 0.6) is 17.2 Å². The number of methoxy groups -OCH3 is 1. The van der Waals surface area contributed by atoms with E-state index >= 15 is 0 Å². The van der Waals surface area contributed by atoms with Crippen LogP contribution in [0.2, 0.25) is 10.0 Å². The minimum atomic E-state index is -0.803. The number of esters is 1. The number of hydrogen-bond donors (Lipinski definition) is 0. The third kappa shape index (κ3) is 7.05. The Morgan fingerprint density at radius 1 is 1.09 bits per heavy atom. The van der Waals surface area contributed by atoms with E-state index in [1.165, 1.54) is 15.9 Å². The van der Waals surface area contributed by atoms with Gasteiger partial charge in [0.25, 0.3) is 5.56 Å². The van der Waals surface area contributed by atoms with Gasteiger partial charge < -0.3 is 18.9 Å². The Hall–Kier alpha value is -3.57. The Morgan fingerprint density at radius 3 is 2.54 bits per heavy atom. The molecule has 8 nitrogen and oxygen atoms in total. The van der Waals surface area contributed by atoms with Crippen molar-refractivity contribution in [2.75, 3.05) is 13.7 Å². The molecule has 0 fully saturated rings. The van der Waals surface area contributed by atoms with Crippen molar-refractivity contribution < 1.29 is 23.7 Å². The van der Waals surface area contributed by atoms with Crippen molar-refractivity contribution in [3.05, 3.63) is 117 Å². The van der Waals surface area contributed by atoms with Crippen LogP contribution in [0.4, 0.5) is 0 Å². The minimum absolute atomic E-state index is 0.128. The lowest BCUT2D eigenvalue weighted by molar-refractivity contribution is -0.139. The predicted molar refractivity (Wildman–Crippen MR) is 184 cm³/mol. The van der Waals surface area contributed by atoms with Gasteiger partial charge in [-0.1, -0.05) is 74.7 Å². The monoisotopic (exact) mass is 744 g/mol. The number of ether oxygens (including phenoxy) is 4. The van der Waals surface area contributed by atoms with Gasteiger partial charge in [0.2, 0.25) is 0 Å². The topological polar surface area (TPSA) is 88.4 Å². The lowest BCUT2D eigenvalue weighted by Gasteiger charge is -2.26. The van der Waals surface area contributed by atoms with E-state index in [4.69, 9.17) is 42.1 Å². The van der Waals surface area contributed by atoms with E-state index in [2.05, 4.69) is 20.9 Å². The largest absolute Gasteiger partial charge is 0.493 e. The molecule has 3 aromatic carbocycles. The third-order valence-electron chi connectivity index (χ3n) is 7.04. The van der Waals surface area contributed by atoms with E-state index in [0.717, 1.165) is 5.56 Å². The molecule has 0 amide bonds. The first-order chi connectivity index (χ1) is 22.0. The number of para-hydroxylation sites is 1. The molecular weight excluding hydrogens is 715 g/mol. The summed E-state index contributed by atoms with van der Waals surface area (Å²) in [6, 6.07) is 15.5. The van der Waals surface area contributed by atoms with E-state index in [9.17, 15) is 9.59 Å². The molecule has 1 aliphatic heterocycles. The van der Waals surface area contributed by atoms with Gasteiger partial charge >= 0.3 is 5.97 Å². The van der Waals surface area contributed by atoms with Gasteiger partial charge in [-0.05, 0) is 75.2 Å². The highest BCUT2D eigenvalue weighted by Crippen LogP contribution is 2.37. The standard InChI is InChI=1S/C34H31BrCl2N2O6S/c1-6-43-33(41)30-19(4)38-34-39(31(30)22-9-7-8-10-26(22)45-18(2)3)32(40)29(46-34)15-21-14-27(42-5)28(16-23(21)35)44-17-20-11-12-24(36)25(37)13-20/h7-16,18,31H,6,17H2,1-5H3/b29-15+/t31-/m0/s1. The molecule has 5 rings (SSSR count). The second-order valence-electron chi connectivity index (χ2n) is 10.6. The number of hydrogen-bond acceptors (Lipinski definition) is 8. The summed E-state index contributed by atoms with van der Waals surface area (Å²) in [7, 11) is 1.54. The highest BCUT2D eigenvalue weighted by molar-refractivity contribution is 9.10. The van der Waals surface area contributed by atoms with Crippen LogP contribution < -0.4 is 29.1 Å². The van der Waals surface area contributed by atoms with Crippen LogP contribution in [-0.2, 0) is 16.1 Å². The van der Waals surface area contributed by atoms with E-state index in [0.29, 0.717) is 57.9 Å². The summed E-state index contributed by atoms with van der Waals surface area (Å²) in [6.07, 6.45) is 1.63. The highest BCUT2D eigenvalue weighted by Gasteiger charge is 2.35. The van der Waals surface area contributed by atoms with E-state index in [1.807, 2.05) is 44.2 Å². The zero-order valence-corrected chi connectivity index (χ0v) is 29.6. The summed E-state index contributed by atoms with van der Waals surface area (Å²) in [5.74, 6) is 1.000. The number of benzene rings is 3. The van der Waals surface area contributed by atoms with Gasteiger partial charge in [0.1, 0.15) is 18.4 Å². The molecule has 0 aliphatic carbocycles. The summed E-state index contributed by atoms with van der Waals surface area (Å²) in [6.45, 7) is 7.75. The molecule has 0 bridgehead atoms. The molecular formula is C34H31BrCl2N2O6S. The van der Waals surface area contributed by atoms with Gasteiger partial charge in [-0.25, -0.2) is 9.79 Å². The van der Waals surface area contributed by atoms with Crippen molar-refractivity contribution in [3.8, 4) is 17.2 Å². The number of halogens is 3. The predicted octanol–water partition coefficient (Wildman–Crippen LogP) is 7.24. The molecule has 0 saturated carbocycles. The Balaban J connectivity index is 1.60. The maximum absolute atomic E-state index is 14.2. The van der Waals surface area contributed by atoms with Crippen LogP contribution in [-0.4, -0.2) is 30.4 Å². The van der Waals surface area contributed by atoms with Crippen molar-refractivity contribution in [2.24, 2.45) is 4.99 Å². The zero-order valence-electron chi connectivity index (χ0n) is 25.7. The summed E-state index contributed by atoms with van der Waals surface area (Å²) in [4.78, 5) is 32.6. The average Bonchev–Trinajstić information content (AvgIpc) is 3.32. The molecule has 12 heteroatoms. The van der Waals surface area contributed by atoms with Gasteiger partial charge in [0.15, 0.2) is 16.3 Å². The fraction of sp³-hybridized carbons (Fsp3) is 0.265. The van der Waals surface area contributed by atoms with Gasteiger partial charge in [-0.2, -0.15) is 0 Å². The lowest BCUT2D eigenvalue weighted by atomic mass is 9.95. The molecule has 1 aliphatic rings. The fourth-order valence-corrected chi connectivity index (χ4v) is 6.81. The SMILES string of the molecule is CCOC(=O)C1=C(C)N=c2s/c(=C/c3cc(OC)c(OCc4ccc(Cl)c(Cl)c4)cc3Br)c(=O)n2[C@H]1c1ccccc1OC(C)C. The number of aromatic nitrogens is 1. The first-order valence-corrected chi connectivity index (χ1v) is 16.8. The van der Waals surface area contributed by atoms with Gasteiger partial charge in [-0.3, -0.25) is 9.36 Å². The molecule has 240 valence electrons. The number of carbonyl (C=O) groups is 1. The highest BCUT2D eigenvalue weighted by atomic mass is 79.9. The van der Waals surface area contributed by atoms with Crippen molar-refractivity contribution in [2.45, 2.75) is 46.4 Å². The van der Waals surface area contributed by atoms with Crippen LogP contribution in [0.15, 0.2) is 80.1 Å². The summed E-state index contributed by atoms with van der Waals surface area (Å²) >= 11 is 17.1. The van der Waals surface area contributed by atoms with Crippen molar-refractivity contribution >= 4 is 62.5 Å². The smallest absolute Gasteiger partial charge is 0.338 e. The molecule has 2 heterocycles. The summed E-state index contributed by atoms with van der Waals surface area (Å²) in [5.41, 5.74) is 2.63. The molecule has 1 aromatic heterocycles. The molecule has 0 N–H and O–H groups in total. The maximum atomic E-state index is 14.2. The van der Waals surface area contributed by atoms with Crippen LogP contribution in [0.3, 0.4) is 0 Å². The molecule has 1 atom stereocenters. The van der Waals surface area contributed by atoms with Crippen LogP contribution >= 0.6 is 50.5 Å². The fourth-order valence-electron chi connectivity index (χ4n) is 5.02. The van der Waals surface area contributed by atoms with E-state index in [1.54, 1.807) is 51.3 Å². The molecule has 0 radical (unpaired) electrons. The number of fused-ring (bicyclic) bond motifs is 1. The number of thiazole rings is 1. The first-order valence-electron chi connectivity index (χ1n) is 14.4. The lowest BCUT2D eigenvalue weighted by Crippen LogP contribution is -2.40. The molecule has 4 aromatic rings. The Morgan fingerprint density at radius 2 is 1.85 bits per heavy atom. The normalized spacial score (nSPS) is 14.6.